The smallest absolute Gasteiger partial charge is 0.355 e. The highest BCUT2D eigenvalue weighted by Crippen LogP contribution is 2.31. The van der Waals surface area contributed by atoms with Crippen LogP contribution in [0.15, 0.2) is 18.2 Å². The van der Waals surface area contributed by atoms with Crippen molar-refractivity contribution in [2.24, 2.45) is 0 Å². The van der Waals surface area contributed by atoms with Crippen LogP contribution in [-0.2, 0) is 16.6 Å². The Bertz CT molecular complexity index is 932. The number of nitrogens with one attached hydrogen (secondary N) is 1. The molecule has 0 unspecified atom stereocenters. The summed E-state index contributed by atoms with van der Waals surface area (Å²) in [5.74, 6) is -5.51. The van der Waals surface area contributed by atoms with Gasteiger partial charge in [0.05, 0.1) is 19.8 Å². The fourth-order valence-corrected chi connectivity index (χ4v) is 2.55. The Labute approximate surface area is 152 Å². The topological polar surface area (TPSA) is 141 Å². The van der Waals surface area contributed by atoms with Crippen LogP contribution in [0.4, 0.5) is 14.5 Å². The van der Waals surface area contributed by atoms with Crippen LogP contribution in [0.5, 0.6) is 11.8 Å². The first-order valence-corrected chi connectivity index (χ1v) is 8.69. The van der Waals surface area contributed by atoms with Crippen molar-refractivity contribution in [2.75, 3.05) is 18.9 Å². The van der Waals surface area contributed by atoms with E-state index in [0.717, 1.165) is 0 Å². The molecule has 0 bridgehead atoms. The summed E-state index contributed by atoms with van der Waals surface area (Å²) in [5, 5.41) is 9.17. The second kappa shape index (κ2) is 8.18. The largest absolute Gasteiger partial charge is 0.495 e. The lowest BCUT2D eigenvalue weighted by Crippen LogP contribution is -2.23. The molecule has 1 heterocycles. The molecule has 10 nitrogen and oxygen atoms in total. The number of carbonyl (C=O) groups is 1. The van der Waals surface area contributed by atoms with E-state index >= 15 is 0 Å². The number of hydrogen-bond donors (Lipinski definition) is 2. The van der Waals surface area contributed by atoms with E-state index in [1.807, 2.05) is 0 Å². The van der Waals surface area contributed by atoms with Crippen LogP contribution >= 0.6 is 0 Å². The molecule has 146 valence electrons. The molecule has 0 fully saturated rings. The van der Waals surface area contributed by atoms with Gasteiger partial charge in [0.15, 0.2) is 5.82 Å². The standard InChI is InChI=1S/C14H14F2N4O6S/c1-25-8-5-3-4-7(10(8)20-27(23,24)13(15)16)11(22)12-17-9(6-21)18-14(19-12)26-2/h3-5,13,20-21H,6H2,1-2H3. The molecule has 2 rings (SSSR count). The molecule has 0 spiro atoms. The van der Waals surface area contributed by atoms with Gasteiger partial charge in [0.1, 0.15) is 18.0 Å². The van der Waals surface area contributed by atoms with E-state index in [0.29, 0.717) is 0 Å². The van der Waals surface area contributed by atoms with Crippen molar-refractivity contribution in [3.05, 3.63) is 35.4 Å². The van der Waals surface area contributed by atoms with E-state index < -0.39 is 39.7 Å². The van der Waals surface area contributed by atoms with Crippen molar-refractivity contribution < 1.29 is 36.6 Å². The number of para-hydroxylation sites is 1. The number of rotatable bonds is 8. The second-order valence-corrected chi connectivity index (χ2v) is 6.49. The van der Waals surface area contributed by atoms with E-state index in [2.05, 4.69) is 15.0 Å². The summed E-state index contributed by atoms with van der Waals surface area (Å²) in [5.41, 5.74) is -0.856. The molecule has 0 radical (unpaired) electrons. The van der Waals surface area contributed by atoms with Gasteiger partial charge >= 0.3 is 11.8 Å². The van der Waals surface area contributed by atoms with Gasteiger partial charge in [0.25, 0.3) is 10.0 Å². The van der Waals surface area contributed by atoms with Crippen molar-refractivity contribution in [3.63, 3.8) is 0 Å². The first kappa shape index (κ1) is 20.4. The third-order valence-corrected chi connectivity index (χ3v) is 4.12. The molecule has 2 aromatic rings. The summed E-state index contributed by atoms with van der Waals surface area (Å²) in [6, 6.07) is 3.52. The number of anilines is 1. The van der Waals surface area contributed by atoms with E-state index in [1.165, 1.54) is 32.4 Å². The van der Waals surface area contributed by atoms with Gasteiger partial charge in [0, 0.05) is 0 Å². The highest BCUT2D eigenvalue weighted by Gasteiger charge is 2.29. The lowest BCUT2D eigenvalue weighted by molar-refractivity contribution is 0.102. The number of carbonyl (C=O) groups excluding carboxylic acids is 1. The number of aromatic nitrogens is 3. The van der Waals surface area contributed by atoms with E-state index in [-0.39, 0.29) is 23.1 Å². The number of nitrogens with zero attached hydrogens (tertiary/aromatic N) is 3. The predicted molar refractivity (Wildman–Crippen MR) is 87.3 cm³/mol. The van der Waals surface area contributed by atoms with Crippen LogP contribution in [0.3, 0.4) is 0 Å². The van der Waals surface area contributed by atoms with Gasteiger partial charge in [0.2, 0.25) is 11.6 Å². The van der Waals surface area contributed by atoms with Crippen molar-refractivity contribution in [2.45, 2.75) is 12.4 Å². The van der Waals surface area contributed by atoms with Gasteiger partial charge in [-0.05, 0) is 12.1 Å². The summed E-state index contributed by atoms with van der Waals surface area (Å²) in [4.78, 5) is 23.9. The van der Waals surface area contributed by atoms with E-state index in [4.69, 9.17) is 9.47 Å². The van der Waals surface area contributed by atoms with Crippen LogP contribution in [0.25, 0.3) is 0 Å². The molecule has 1 aromatic carbocycles. The summed E-state index contributed by atoms with van der Waals surface area (Å²) in [6.07, 6.45) is 0. The fraction of sp³-hybridized carbons (Fsp3) is 0.286. The monoisotopic (exact) mass is 404 g/mol. The van der Waals surface area contributed by atoms with Gasteiger partial charge in [-0.15, -0.1) is 0 Å². The number of methoxy groups -OCH3 is 2. The first-order valence-electron chi connectivity index (χ1n) is 7.14. The number of aliphatic hydroxyl groups is 1. The Morgan fingerprint density at radius 1 is 1.22 bits per heavy atom. The van der Waals surface area contributed by atoms with E-state index in [1.54, 1.807) is 4.72 Å². The number of benzene rings is 1. The zero-order valence-corrected chi connectivity index (χ0v) is 14.8. The number of hydrogen-bond acceptors (Lipinski definition) is 9. The zero-order valence-electron chi connectivity index (χ0n) is 14.0. The second-order valence-electron chi connectivity index (χ2n) is 4.84. The number of ketones is 1. The van der Waals surface area contributed by atoms with Gasteiger partial charge in [-0.3, -0.25) is 9.52 Å². The average Bonchev–Trinajstić information content (AvgIpc) is 2.66. The van der Waals surface area contributed by atoms with Gasteiger partial charge in [-0.2, -0.15) is 18.7 Å². The minimum absolute atomic E-state index is 0.173. The average molecular weight is 404 g/mol. The Morgan fingerprint density at radius 2 is 1.93 bits per heavy atom. The minimum Gasteiger partial charge on any atom is -0.495 e. The van der Waals surface area contributed by atoms with Crippen molar-refractivity contribution in [1.82, 2.24) is 15.0 Å². The van der Waals surface area contributed by atoms with Gasteiger partial charge in [-0.25, -0.2) is 13.4 Å². The van der Waals surface area contributed by atoms with Crippen LogP contribution < -0.4 is 14.2 Å². The van der Waals surface area contributed by atoms with Crippen LogP contribution in [-0.4, -0.2) is 54.2 Å². The number of ether oxygens (including phenoxy) is 2. The molecule has 13 heteroatoms. The molecule has 27 heavy (non-hydrogen) atoms. The molecule has 0 atom stereocenters. The summed E-state index contributed by atoms with van der Waals surface area (Å²) in [7, 11) is -2.69. The van der Waals surface area contributed by atoms with E-state index in [9.17, 15) is 27.1 Å². The van der Waals surface area contributed by atoms with Crippen LogP contribution in [0, 0.1) is 0 Å². The first-order chi connectivity index (χ1) is 12.7. The highest BCUT2D eigenvalue weighted by molar-refractivity contribution is 7.93. The third-order valence-electron chi connectivity index (χ3n) is 3.16. The van der Waals surface area contributed by atoms with Crippen LogP contribution in [0.1, 0.15) is 22.0 Å². The fourth-order valence-electron chi connectivity index (χ4n) is 1.96. The van der Waals surface area contributed by atoms with Crippen molar-refractivity contribution in [3.8, 4) is 11.8 Å². The SMILES string of the molecule is COc1nc(CO)nc(C(=O)c2cccc(OC)c2NS(=O)(=O)C(F)F)n1. The normalized spacial score (nSPS) is 11.3. The molecule has 0 aliphatic rings. The maximum Gasteiger partial charge on any atom is 0.355 e. The molecular formula is C14H14F2N4O6S. The molecule has 2 N–H and O–H groups in total. The van der Waals surface area contributed by atoms with Crippen molar-refractivity contribution in [1.29, 1.82) is 0 Å². The molecule has 0 amide bonds. The number of aliphatic hydroxyl groups excluding tert-OH is 1. The zero-order chi connectivity index (χ0) is 20.2. The Balaban J connectivity index is 2.60. The van der Waals surface area contributed by atoms with Gasteiger partial charge < -0.3 is 14.6 Å². The molecule has 0 saturated heterocycles. The lowest BCUT2D eigenvalue weighted by Gasteiger charge is -2.15. The number of halogens is 2. The molecular weight excluding hydrogens is 390 g/mol. The molecule has 1 aromatic heterocycles. The minimum atomic E-state index is -5.08. The number of sulfonamides is 1. The molecule has 0 aliphatic carbocycles. The quantitative estimate of drug-likeness (QED) is 0.604. The summed E-state index contributed by atoms with van der Waals surface area (Å²) >= 11 is 0. The molecule has 0 saturated carbocycles. The maximum atomic E-state index is 12.8. The Morgan fingerprint density at radius 3 is 2.48 bits per heavy atom. The highest BCUT2D eigenvalue weighted by atomic mass is 32.2. The summed E-state index contributed by atoms with van der Waals surface area (Å²) in [6.45, 7) is -0.623. The number of alkyl halides is 2. The summed E-state index contributed by atoms with van der Waals surface area (Å²) < 4.78 is 60.0. The molecule has 0 aliphatic heterocycles. The van der Waals surface area contributed by atoms with Gasteiger partial charge in [-0.1, -0.05) is 6.07 Å². The van der Waals surface area contributed by atoms with Crippen LogP contribution in [0.2, 0.25) is 0 Å². The Hall–Kier alpha value is -2.93. The predicted octanol–water partition coefficient (Wildman–Crippen LogP) is 0.576. The maximum absolute atomic E-state index is 12.8. The third kappa shape index (κ3) is 4.43. The lowest BCUT2D eigenvalue weighted by atomic mass is 10.1. The van der Waals surface area contributed by atoms with Crippen molar-refractivity contribution >= 4 is 21.5 Å². The Kier molecular flexibility index (Phi) is 6.17.